The fraction of sp³-hybridized carbons (Fsp3) is 0.353. The number of nitro groups is 1. The molecule has 1 amide bonds. The largest absolute Gasteiger partial charge is 0.355 e. The summed E-state index contributed by atoms with van der Waals surface area (Å²) < 4.78 is 0. The third kappa shape index (κ3) is 4.11. The van der Waals surface area contributed by atoms with E-state index in [4.69, 9.17) is 0 Å². The van der Waals surface area contributed by atoms with Crippen molar-refractivity contribution in [3.8, 4) is 0 Å². The first-order chi connectivity index (χ1) is 13.0. The molecule has 142 valence electrons. The molecule has 27 heavy (non-hydrogen) atoms. The lowest BCUT2D eigenvalue weighted by molar-refractivity contribution is -0.383. The van der Waals surface area contributed by atoms with Crippen LogP contribution in [0, 0.1) is 17.0 Å². The van der Waals surface area contributed by atoms with Gasteiger partial charge in [-0.2, -0.15) is 0 Å². The molecule has 0 saturated carbocycles. The molecule has 1 aliphatic rings. The summed E-state index contributed by atoms with van der Waals surface area (Å²) in [7, 11) is 2.00. The van der Waals surface area contributed by atoms with Gasteiger partial charge in [0.25, 0.3) is 5.91 Å². The highest BCUT2D eigenvalue weighted by atomic mass is 16.6. The molecule has 1 fully saturated rings. The maximum Gasteiger partial charge on any atom is 0.355 e. The number of benzene rings is 1. The van der Waals surface area contributed by atoms with Gasteiger partial charge < -0.3 is 9.80 Å². The van der Waals surface area contributed by atoms with E-state index >= 15 is 0 Å². The highest BCUT2D eigenvalue weighted by Crippen LogP contribution is 2.31. The van der Waals surface area contributed by atoms with E-state index in [0.717, 1.165) is 18.7 Å². The summed E-state index contributed by atoms with van der Waals surface area (Å²) in [6, 6.07) is 7.07. The Morgan fingerprint density at radius 2 is 1.89 bits per heavy atom. The standard InChI is InChI=1S/C17H21N7O3/c1-12-5-3-4-6-13(12)17(25)21-20-15-14(24(26)27)16(19-11-18-15)23-9-7-22(2)8-10-23/h3-6,11H,7-10H2,1-2H3,(H,21,25)(H,18,19,20). The molecule has 10 nitrogen and oxygen atoms in total. The molecule has 10 heteroatoms. The van der Waals surface area contributed by atoms with Crippen LogP contribution in [0.3, 0.4) is 0 Å². The van der Waals surface area contributed by atoms with Crippen LogP contribution in [-0.2, 0) is 0 Å². The van der Waals surface area contributed by atoms with Crippen molar-refractivity contribution in [3.05, 3.63) is 51.8 Å². The molecule has 1 aliphatic heterocycles. The summed E-state index contributed by atoms with van der Waals surface area (Å²) in [6.45, 7) is 4.64. The minimum atomic E-state index is -0.532. The normalized spacial score (nSPS) is 14.7. The highest BCUT2D eigenvalue weighted by Gasteiger charge is 2.29. The number of likely N-dealkylation sites (N-methyl/N-ethyl adjacent to an activating group) is 1. The second kappa shape index (κ2) is 7.96. The first kappa shape index (κ1) is 18.5. The first-order valence-corrected chi connectivity index (χ1v) is 8.52. The third-order valence-electron chi connectivity index (χ3n) is 4.47. The zero-order valence-electron chi connectivity index (χ0n) is 15.2. The molecule has 3 rings (SSSR count). The number of piperazine rings is 1. The van der Waals surface area contributed by atoms with Crippen LogP contribution in [0.4, 0.5) is 17.3 Å². The number of carbonyl (C=O) groups excluding carboxylic acids is 1. The Bertz CT molecular complexity index is 850. The van der Waals surface area contributed by atoms with E-state index in [-0.39, 0.29) is 17.3 Å². The van der Waals surface area contributed by atoms with Gasteiger partial charge in [-0.1, -0.05) is 18.2 Å². The smallest absolute Gasteiger partial charge is 0.348 e. The molecule has 2 N–H and O–H groups in total. The van der Waals surface area contributed by atoms with E-state index in [1.165, 1.54) is 6.33 Å². The van der Waals surface area contributed by atoms with Gasteiger partial charge in [-0.15, -0.1) is 0 Å². The summed E-state index contributed by atoms with van der Waals surface area (Å²) in [5, 5.41) is 11.7. The van der Waals surface area contributed by atoms with Crippen LogP contribution in [0.15, 0.2) is 30.6 Å². The van der Waals surface area contributed by atoms with Gasteiger partial charge in [-0.05, 0) is 25.6 Å². The van der Waals surface area contributed by atoms with E-state index in [2.05, 4.69) is 25.7 Å². The van der Waals surface area contributed by atoms with Gasteiger partial charge >= 0.3 is 5.69 Å². The Morgan fingerprint density at radius 1 is 1.19 bits per heavy atom. The predicted octanol–water partition coefficient (Wildman–Crippen LogP) is 1.20. The lowest BCUT2D eigenvalue weighted by Gasteiger charge is -2.32. The Hall–Kier alpha value is -3.27. The molecule has 1 aromatic carbocycles. The predicted molar refractivity (Wildman–Crippen MR) is 101 cm³/mol. The first-order valence-electron chi connectivity index (χ1n) is 8.52. The van der Waals surface area contributed by atoms with E-state index in [1.54, 1.807) is 12.1 Å². The fourth-order valence-corrected chi connectivity index (χ4v) is 2.89. The van der Waals surface area contributed by atoms with Crippen LogP contribution >= 0.6 is 0 Å². The molecule has 0 spiro atoms. The summed E-state index contributed by atoms with van der Waals surface area (Å²) in [5.41, 5.74) is 6.07. The number of amides is 1. The SMILES string of the molecule is Cc1ccccc1C(=O)NNc1ncnc(N2CCN(C)CC2)c1[N+](=O)[O-]. The number of nitrogens with one attached hydrogen (secondary N) is 2. The molecule has 1 aromatic heterocycles. The molecule has 1 saturated heterocycles. The Kier molecular flexibility index (Phi) is 5.46. The minimum absolute atomic E-state index is 0.0501. The molecule has 0 aliphatic carbocycles. The second-order valence-electron chi connectivity index (χ2n) is 6.34. The molecule has 0 bridgehead atoms. The number of aromatic nitrogens is 2. The Balaban J connectivity index is 1.81. The summed E-state index contributed by atoms with van der Waals surface area (Å²) >= 11 is 0. The third-order valence-corrected chi connectivity index (χ3v) is 4.47. The van der Waals surface area contributed by atoms with Crippen molar-refractivity contribution in [3.63, 3.8) is 0 Å². The van der Waals surface area contributed by atoms with Gasteiger partial charge in [0.1, 0.15) is 6.33 Å². The van der Waals surface area contributed by atoms with Gasteiger partial charge in [0.2, 0.25) is 11.6 Å². The van der Waals surface area contributed by atoms with Crippen molar-refractivity contribution in [2.75, 3.05) is 43.6 Å². The maximum atomic E-state index is 12.3. The van der Waals surface area contributed by atoms with Crippen molar-refractivity contribution < 1.29 is 9.72 Å². The van der Waals surface area contributed by atoms with E-state index < -0.39 is 10.8 Å². The number of aryl methyl sites for hydroxylation is 1. The highest BCUT2D eigenvalue weighted by molar-refractivity contribution is 5.96. The van der Waals surface area contributed by atoms with Crippen LogP contribution in [-0.4, -0.2) is 58.9 Å². The molecule has 0 atom stereocenters. The van der Waals surface area contributed by atoms with Gasteiger partial charge in [-0.3, -0.25) is 25.8 Å². The molecule has 2 heterocycles. The lowest BCUT2D eigenvalue weighted by atomic mass is 10.1. The van der Waals surface area contributed by atoms with Crippen molar-refractivity contribution in [1.82, 2.24) is 20.3 Å². The average molecular weight is 371 g/mol. The number of anilines is 2. The lowest BCUT2D eigenvalue weighted by Crippen LogP contribution is -2.45. The Morgan fingerprint density at radius 3 is 2.56 bits per heavy atom. The average Bonchev–Trinajstić information content (AvgIpc) is 2.66. The zero-order chi connectivity index (χ0) is 19.4. The Labute approximate surface area is 156 Å². The summed E-state index contributed by atoms with van der Waals surface area (Å²) in [4.78, 5) is 35.5. The van der Waals surface area contributed by atoms with Crippen molar-refractivity contribution in [2.45, 2.75) is 6.92 Å². The van der Waals surface area contributed by atoms with E-state index in [9.17, 15) is 14.9 Å². The fourth-order valence-electron chi connectivity index (χ4n) is 2.89. The number of nitrogens with zero attached hydrogens (tertiary/aromatic N) is 5. The number of hydrogen-bond acceptors (Lipinski definition) is 8. The van der Waals surface area contributed by atoms with Crippen molar-refractivity contribution >= 4 is 23.2 Å². The number of rotatable bonds is 5. The number of carbonyl (C=O) groups is 1. The monoisotopic (exact) mass is 371 g/mol. The van der Waals surface area contributed by atoms with Gasteiger partial charge in [0.15, 0.2) is 0 Å². The summed E-state index contributed by atoms with van der Waals surface area (Å²) in [6.07, 6.45) is 1.25. The van der Waals surface area contributed by atoms with Crippen LogP contribution in [0.5, 0.6) is 0 Å². The van der Waals surface area contributed by atoms with Gasteiger partial charge in [0, 0.05) is 31.7 Å². The molecule has 0 radical (unpaired) electrons. The molecule has 2 aromatic rings. The minimum Gasteiger partial charge on any atom is -0.348 e. The van der Waals surface area contributed by atoms with Crippen LogP contribution < -0.4 is 15.8 Å². The van der Waals surface area contributed by atoms with E-state index in [1.807, 2.05) is 31.0 Å². The van der Waals surface area contributed by atoms with Crippen molar-refractivity contribution in [1.29, 1.82) is 0 Å². The molecular formula is C17H21N7O3. The number of hydrogen-bond donors (Lipinski definition) is 2. The second-order valence-corrected chi connectivity index (χ2v) is 6.34. The maximum absolute atomic E-state index is 12.3. The topological polar surface area (TPSA) is 117 Å². The van der Waals surface area contributed by atoms with E-state index in [0.29, 0.717) is 18.7 Å². The number of hydrazine groups is 1. The zero-order valence-corrected chi connectivity index (χ0v) is 15.2. The summed E-state index contributed by atoms with van der Waals surface area (Å²) in [5.74, 6) is -0.205. The molecule has 0 unspecified atom stereocenters. The quantitative estimate of drug-likeness (QED) is 0.595. The molecular weight excluding hydrogens is 350 g/mol. The van der Waals surface area contributed by atoms with Gasteiger partial charge in [0.05, 0.1) is 4.92 Å². The van der Waals surface area contributed by atoms with Gasteiger partial charge in [-0.25, -0.2) is 9.97 Å². The van der Waals surface area contributed by atoms with Crippen molar-refractivity contribution in [2.24, 2.45) is 0 Å². The van der Waals surface area contributed by atoms with Crippen LogP contribution in [0.1, 0.15) is 15.9 Å². The van der Waals surface area contributed by atoms with Crippen LogP contribution in [0.2, 0.25) is 0 Å². The van der Waals surface area contributed by atoms with Crippen LogP contribution in [0.25, 0.3) is 0 Å².